The van der Waals surface area contributed by atoms with Gasteiger partial charge in [0.2, 0.25) is 10.0 Å². The highest BCUT2D eigenvalue weighted by atomic mass is 32.2. The summed E-state index contributed by atoms with van der Waals surface area (Å²) >= 11 is 1.80. The molecule has 2 aromatic carbocycles. The summed E-state index contributed by atoms with van der Waals surface area (Å²) in [4.78, 5) is 30.3. The van der Waals surface area contributed by atoms with E-state index in [4.69, 9.17) is 9.97 Å². The summed E-state index contributed by atoms with van der Waals surface area (Å²) in [6.45, 7) is 3.63. The number of carbonyl (C=O) groups excluding carboxylic acids is 1. The Morgan fingerprint density at radius 3 is 2.25 bits per heavy atom. The van der Waals surface area contributed by atoms with Crippen molar-refractivity contribution < 1.29 is 13.2 Å². The van der Waals surface area contributed by atoms with Crippen molar-refractivity contribution in [1.82, 2.24) is 19.2 Å². The first-order valence-corrected chi connectivity index (χ1v) is 16.3. The van der Waals surface area contributed by atoms with E-state index in [1.807, 2.05) is 35.2 Å². The van der Waals surface area contributed by atoms with E-state index in [1.54, 1.807) is 35.6 Å². The van der Waals surface area contributed by atoms with Gasteiger partial charge in [-0.1, -0.05) is 30.3 Å². The van der Waals surface area contributed by atoms with Crippen molar-refractivity contribution in [1.29, 1.82) is 0 Å². The maximum absolute atomic E-state index is 13.3. The number of sulfonamides is 1. The van der Waals surface area contributed by atoms with Crippen LogP contribution in [0.4, 0.5) is 5.82 Å². The molecule has 40 heavy (non-hydrogen) atoms. The molecule has 0 N–H and O–H groups in total. The number of nitrogens with zero attached hydrogens (tertiary/aromatic N) is 5. The van der Waals surface area contributed by atoms with Gasteiger partial charge in [-0.2, -0.15) is 4.31 Å². The summed E-state index contributed by atoms with van der Waals surface area (Å²) in [6, 6.07) is 16.5. The SMILES string of the molecule is O=C(c1ccc(S(=O)(=O)N2CCCC2)cc1)N1CCN(c2nc(-c3ccccc3)nc3sc4c(c23)CCC4)CC1. The van der Waals surface area contributed by atoms with Crippen LogP contribution in [0.15, 0.2) is 59.5 Å². The van der Waals surface area contributed by atoms with Crippen molar-refractivity contribution in [2.45, 2.75) is 37.0 Å². The van der Waals surface area contributed by atoms with Gasteiger partial charge in [0, 0.05) is 55.3 Å². The van der Waals surface area contributed by atoms with Crippen LogP contribution in [0.3, 0.4) is 0 Å². The molecule has 7 rings (SSSR count). The number of fused-ring (bicyclic) bond motifs is 3. The molecule has 1 amide bonds. The fourth-order valence-electron chi connectivity index (χ4n) is 6.07. The topological polar surface area (TPSA) is 86.7 Å². The highest BCUT2D eigenvalue weighted by molar-refractivity contribution is 7.89. The molecule has 2 saturated heterocycles. The van der Waals surface area contributed by atoms with E-state index < -0.39 is 10.0 Å². The smallest absolute Gasteiger partial charge is 0.253 e. The Morgan fingerprint density at radius 2 is 1.52 bits per heavy atom. The lowest BCUT2D eigenvalue weighted by Gasteiger charge is -2.36. The number of piperazine rings is 1. The summed E-state index contributed by atoms with van der Waals surface area (Å²) in [5.41, 5.74) is 2.92. The molecule has 4 aromatic rings. The zero-order valence-electron chi connectivity index (χ0n) is 22.3. The van der Waals surface area contributed by atoms with Gasteiger partial charge in [-0.3, -0.25) is 4.79 Å². The average molecular weight is 574 g/mol. The Morgan fingerprint density at radius 1 is 0.800 bits per heavy atom. The van der Waals surface area contributed by atoms with E-state index in [0.717, 1.165) is 47.7 Å². The van der Waals surface area contributed by atoms with Gasteiger partial charge in [0.1, 0.15) is 10.6 Å². The van der Waals surface area contributed by atoms with E-state index in [1.165, 1.54) is 26.6 Å². The van der Waals surface area contributed by atoms with Gasteiger partial charge in [0.25, 0.3) is 5.91 Å². The number of aromatic nitrogens is 2. The van der Waals surface area contributed by atoms with Gasteiger partial charge in [-0.15, -0.1) is 11.3 Å². The zero-order chi connectivity index (χ0) is 27.3. The van der Waals surface area contributed by atoms with Crippen LogP contribution in [0.25, 0.3) is 21.6 Å². The minimum atomic E-state index is -3.49. The Kier molecular flexibility index (Phi) is 6.56. The Balaban J connectivity index is 1.11. The molecule has 4 heterocycles. The fraction of sp³-hybridized carbons (Fsp3) is 0.367. The van der Waals surface area contributed by atoms with E-state index in [9.17, 15) is 13.2 Å². The van der Waals surface area contributed by atoms with E-state index in [-0.39, 0.29) is 10.8 Å². The second-order valence-corrected chi connectivity index (χ2v) is 13.7. The molecule has 0 bridgehead atoms. The van der Waals surface area contributed by atoms with Gasteiger partial charge in [-0.05, 0) is 61.9 Å². The molecule has 3 aliphatic rings. The molecule has 0 spiro atoms. The molecule has 0 saturated carbocycles. The third kappa shape index (κ3) is 4.48. The van der Waals surface area contributed by atoms with Crippen LogP contribution < -0.4 is 4.90 Å². The maximum Gasteiger partial charge on any atom is 0.253 e. The fourth-order valence-corrected chi connectivity index (χ4v) is 8.85. The van der Waals surface area contributed by atoms with Crippen LogP contribution in [0, 0.1) is 0 Å². The number of amides is 1. The molecule has 2 aromatic heterocycles. The molecule has 2 fully saturated rings. The number of thiophene rings is 1. The number of hydrogen-bond acceptors (Lipinski definition) is 7. The van der Waals surface area contributed by atoms with Crippen molar-refractivity contribution >= 4 is 43.3 Å². The van der Waals surface area contributed by atoms with E-state index >= 15 is 0 Å². The number of carbonyl (C=O) groups is 1. The van der Waals surface area contributed by atoms with E-state index in [0.29, 0.717) is 44.8 Å². The van der Waals surface area contributed by atoms with Crippen molar-refractivity contribution in [2.24, 2.45) is 0 Å². The minimum Gasteiger partial charge on any atom is -0.352 e. The van der Waals surface area contributed by atoms with Gasteiger partial charge < -0.3 is 9.80 Å². The zero-order valence-corrected chi connectivity index (χ0v) is 23.9. The average Bonchev–Trinajstić information content (AvgIpc) is 3.76. The van der Waals surface area contributed by atoms with E-state index in [2.05, 4.69) is 4.90 Å². The summed E-state index contributed by atoms with van der Waals surface area (Å²) in [7, 11) is -3.49. The summed E-state index contributed by atoms with van der Waals surface area (Å²) < 4.78 is 27.3. The van der Waals surface area contributed by atoms with Gasteiger partial charge in [0.05, 0.1) is 10.3 Å². The molecule has 206 valence electrons. The molecule has 0 radical (unpaired) electrons. The molecular weight excluding hydrogens is 542 g/mol. The number of rotatable bonds is 5. The lowest BCUT2D eigenvalue weighted by Crippen LogP contribution is -2.49. The lowest BCUT2D eigenvalue weighted by molar-refractivity contribution is 0.0746. The molecular formula is C30H31N5O3S2. The van der Waals surface area contributed by atoms with Crippen molar-refractivity contribution in [2.75, 3.05) is 44.2 Å². The third-order valence-corrected chi connectivity index (χ3v) is 11.3. The van der Waals surface area contributed by atoms with Crippen molar-refractivity contribution in [3.63, 3.8) is 0 Å². The third-order valence-electron chi connectivity index (χ3n) is 8.25. The van der Waals surface area contributed by atoms with Gasteiger partial charge in [0.15, 0.2) is 5.82 Å². The Hall–Kier alpha value is -3.34. The quantitative estimate of drug-likeness (QED) is 0.347. The molecule has 2 aliphatic heterocycles. The first-order chi connectivity index (χ1) is 19.5. The lowest BCUT2D eigenvalue weighted by atomic mass is 10.1. The number of anilines is 1. The maximum atomic E-state index is 13.3. The highest BCUT2D eigenvalue weighted by Gasteiger charge is 2.30. The second kappa shape index (κ2) is 10.2. The van der Waals surface area contributed by atoms with Crippen LogP contribution in [0.2, 0.25) is 0 Å². The Bertz CT molecular complexity index is 1670. The van der Waals surface area contributed by atoms with Crippen molar-refractivity contribution in [3.8, 4) is 11.4 Å². The molecule has 1 aliphatic carbocycles. The van der Waals surface area contributed by atoms with Crippen LogP contribution in [-0.2, 0) is 22.9 Å². The molecule has 0 atom stereocenters. The molecule has 10 heteroatoms. The number of aryl methyl sites for hydroxylation is 2. The monoisotopic (exact) mass is 573 g/mol. The Labute approximate surface area is 238 Å². The summed E-state index contributed by atoms with van der Waals surface area (Å²) in [5, 5.41) is 1.19. The van der Waals surface area contributed by atoms with Crippen LogP contribution in [0.5, 0.6) is 0 Å². The van der Waals surface area contributed by atoms with Gasteiger partial charge in [-0.25, -0.2) is 18.4 Å². The number of benzene rings is 2. The summed E-state index contributed by atoms with van der Waals surface area (Å²) in [5.74, 6) is 1.65. The first-order valence-electron chi connectivity index (χ1n) is 14.0. The normalized spacial score (nSPS) is 18.0. The minimum absolute atomic E-state index is 0.0704. The standard InChI is InChI=1S/C30H31N5O3S2/c36-30(22-11-13-23(14-12-22)40(37,38)35-15-4-5-16-35)34-19-17-33(18-20-34)28-26-24-9-6-10-25(24)39-29(26)32-27(31-28)21-7-2-1-3-8-21/h1-3,7-8,11-14H,4-6,9-10,15-20H2. The molecule has 8 nitrogen and oxygen atoms in total. The van der Waals surface area contributed by atoms with Gasteiger partial charge >= 0.3 is 0 Å². The number of hydrogen-bond donors (Lipinski definition) is 0. The van der Waals surface area contributed by atoms with Crippen LogP contribution >= 0.6 is 11.3 Å². The predicted molar refractivity (Wildman–Crippen MR) is 157 cm³/mol. The summed E-state index contributed by atoms with van der Waals surface area (Å²) in [6.07, 6.45) is 5.14. The van der Waals surface area contributed by atoms with Crippen LogP contribution in [0.1, 0.15) is 40.1 Å². The largest absolute Gasteiger partial charge is 0.352 e. The molecule has 0 unspecified atom stereocenters. The first kappa shape index (κ1) is 25.6. The van der Waals surface area contributed by atoms with Crippen molar-refractivity contribution in [3.05, 3.63) is 70.6 Å². The highest BCUT2D eigenvalue weighted by Crippen LogP contribution is 2.41. The second-order valence-electron chi connectivity index (χ2n) is 10.7. The van der Waals surface area contributed by atoms with Crippen LogP contribution in [-0.4, -0.2) is 72.8 Å². The predicted octanol–water partition coefficient (Wildman–Crippen LogP) is 4.59.